The van der Waals surface area contributed by atoms with Crippen molar-refractivity contribution in [3.05, 3.63) is 34.2 Å². The zero-order chi connectivity index (χ0) is 15.5. The van der Waals surface area contributed by atoms with Crippen molar-refractivity contribution >= 4 is 5.84 Å². The molecule has 0 aliphatic rings. The third kappa shape index (κ3) is 6.02. The Balaban J connectivity index is 2.35. The van der Waals surface area contributed by atoms with Gasteiger partial charge in [-0.1, -0.05) is 57.0 Å². The number of oxime groups is 1. The second-order valence-electron chi connectivity index (χ2n) is 5.38. The van der Waals surface area contributed by atoms with Crippen LogP contribution in [0.1, 0.15) is 63.9 Å². The van der Waals surface area contributed by atoms with E-state index in [-0.39, 0.29) is 17.0 Å². The zero-order valence-corrected chi connectivity index (χ0v) is 12.9. The fourth-order valence-corrected chi connectivity index (χ4v) is 2.38. The van der Waals surface area contributed by atoms with Gasteiger partial charge in [0.2, 0.25) is 0 Å². The number of pyridine rings is 1. The number of unbranched alkanes of at least 4 members (excludes halogenated alkanes) is 7. The minimum Gasteiger partial charge on any atom is -0.409 e. The smallest absolute Gasteiger partial charge is 0.261 e. The van der Waals surface area contributed by atoms with Crippen LogP contribution in [-0.4, -0.2) is 15.6 Å². The molecule has 0 spiro atoms. The molecule has 21 heavy (non-hydrogen) atoms. The molecule has 0 amide bonds. The Kier molecular flexibility index (Phi) is 8.24. The van der Waals surface area contributed by atoms with Crippen LogP contribution >= 0.6 is 0 Å². The van der Waals surface area contributed by atoms with Crippen molar-refractivity contribution in [2.45, 2.75) is 64.8 Å². The SMILES string of the molecule is CCCCCCCCCCn1cccc(/C(N)=N/O)c1=O. The van der Waals surface area contributed by atoms with Crippen molar-refractivity contribution in [1.82, 2.24) is 4.57 Å². The van der Waals surface area contributed by atoms with E-state index in [1.165, 1.54) is 38.5 Å². The van der Waals surface area contributed by atoms with Crippen LogP contribution < -0.4 is 11.3 Å². The zero-order valence-electron chi connectivity index (χ0n) is 12.9. The van der Waals surface area contributed by atoms with Crippen molar-refractivity contribution in [2.24, 2.45) is 10.9 Å². The number of rotatable bonds is 10. The first-order valence-corrected chi connectivity index (χ1v) is 7.88. The van der Waals surface area contributed by atoms with Crippen molar-refractivity contribution in [3.8, 4) is 0 Å². The lowest BCUT2D eigenvalue weighted by atomic mass is 10.1. The average Bonchev–Trinajstić information content (AvgIpc) is 2.50. The lowest BCUT2D eigenvalue weighted by molar-refractivity contribution is 0.318. The third-order valence-electron chi connectivity index (χ3n) is 3.66. The van der Waals surface area contributed by atoms with Crippen LogP contribution in [0.5, 0.6) is 0 Å². The summed E-state index contributed by atoms with van der Waals surface area (Å²) in [5.74, 6) is -0.134. The molecule has 118 valence electrons. The van der Waals surface area contributed by atoms with Crippen LogP contribution in [0.3, 0.4) is 0 Å². The predicted molar refractivity (Wildman–Crippen MR) is 85.8 cm³/mol. The highest BCUT2D eigenvalue weighted by Crippen LogP contribution is 2.08. The first kappa shape index (κ1) is 17.3. The van der Waals surface area contributed by atoms with Gasteiger partial charge in [-0.3, -0.25) is 4.79 Å². The van der Waals surface area contributed by atoms with E-state index in [1.807, 2.05) is 0 Å². The number of hydrogen-bond acceptors (Lipinski definition) is 3. The minimum absolute atomic E-state index is 0.134. The van der Waals surface area contributed by atoms with Gasteiger partial charge in [0, 0.05) is 12.7 Å². The second kappa shape index (κ2) is 10.0. The van der Waals surface area contributed by atoms with Crippen molar-refractivity contribution in [3.63, 3.8) is 0 Å². The fourth-order valence-electron chi connectivity index (χ4n) is 2.38. The maximum atomic E-state index is 12.1. The normalized spacial score (nSPS) is 11.8. The molecule has 0 unspecified atom stereocenters. The van der Waals surface area contributed by atoms with Crippen LogP contribution in [0.25, 0.3) is 0 Å². The Bertz CT molecular complexity index is 495. The molecular formula is C16H27N3O2. The first-order chi connectivity index (χ1) is 10.2. The van der Waals surface area contributed by atoms with Crippen LogP contribution in [-0.2, 0) is 6.54 Å². The Hall–Kier alpha value is -1.78. The molecular weight excluding hydrogens is 266 g/mol. The van der Waals surface area contributed by atoms with Gasteiger partial charge in [0.1, 0.15) is 0 Å². The monoisotopic (exact) mass is 293 g/mol. The highest BCUT2D eigenvalue weighted by Gasteiger charge is 2.06. The maximum Gasteiger partial charge on any atom is 0.261 e. The number of amidine groups is 1. The summed E-state index contributed by atoms with van der Waals surface area (Å²) in [7, 11) is 0. The summed E-state index contributed by atoms with van der Waals surface area (Å²) in [6.07, 6.45) is 11.6. The van der Waals surface area contributed by atoms with Crippen LogP contribution in [0.4, 0.5) is 0 Å². The van der Waals surface area contributed by atoms with Gasteiger partial charge in [0.05, 0.1) is 5.56 Å². The molecule has 0 aliphatic carbocycles. The first-order valence-electron chi connectivity index (χ1n) is 7.88. The van der Waals surface area contributed by atoms with E-state index in [2.05, 4.69) is 12.1 Å². The number of nitrogens with zero attached hydrogens (tertiary/aromatic N) is 2. The molecule has 1 aromatic rings. The fraction of sp³-hybridized carbons (Fsp3) is 0.625. The Morgan fingerprint density at radius 1 is 1.19 bits per heavy atom. The highest BCUT2D eigenvalue weighted by atomic mass is 16.4. The molecule has 1 aromatic heterocycles. The van der Waals surface area contributed by atoms with E-state index in [0.29, 0.717) is 6.54 Å². The Morgan fingerprint density at radius 2 is 1.81 bits per heavy atom. The van der Waals surface area contributed by atoms with Crippen LogP contribution in [0, 0.1) is 0 Å². The second-order valence-corrected chi connectivity index (χ2v) is 5.38. The maximum absolute atomic E-state index is 12.1. The lowest BCUT2D eigenvalue weighted by Gasteiger charge is -2.07. The molecule has 0 radical (unpaired) electrons. The number of hydrogen-bond donors (Lipinski definition) is 2. The molecule has 1 rings (SSSR count). The topological polar surface area (TPSA) is 80.6 Å². The van der Waals surface area contributed by atoms with E-state index in [1.54, 1.807) is 22.9 Å². The van der Waals surface area contributed by atoms with Gasteiger partial charge >= 0.3 is 0 Å². The summed E-state index contributed by atoms with van der Waals surface area (Å²) in [6, 6.07) is 3.32. The van der Waals surface area contributed by atoms with E-state index in [0.717, 1.165) is 12.8 Å². The average molecular weight is 293 g/mol. The van der Waals surface area contributed by atoms with Gasteiger partial charge in [0.15, 0.2) is 5.84 Å². The molecule has 3 N–H and O–H groups in total. The van der Waals surface area contributed by atoms with Gasteiger partial charge in [0.25, 0.3) is 5.56 Å². The molecule has 0 aromatic carbocycles. The van der Waals surface area contributed by atoms with E-state index < -0.39 is 0 Å². The standard InChI is InChI=1S/C16H27N3O2/c1-2-3-4-5-6-7-8-9-12-19-13-10-11-14(16(19)20)15(17)18-21/h10-11,13,21H,2-9,12H2,1H3,(H2,17,18). The summed E-state index contributed by atoms with van der Waals surface area (Å²) in [4.78, 5) is 12.1. The molecule has 0 saturated heterocycles. The van der Waals surface area contributed by atoms with Gasteiger partial charge < -0.3 is 15.5 Å². The quantitative estimate of drug-likeness (QED) is 0.229. The van der Waals surface area contributed by atoms with Crippen molar-refractivity contribution < 1.29 is 5.21 Å². The van der Waals surface area contributed by atoms with E-state index >= 15 is 0 Å². The van der Waals surface area contributed by atoms with E-state index in [4.69, 9.17) is 10.9 Å². The predicted octanol–water partition coefficient (Wildman–Crippen LogP) is 3.08. The van der Waals surface area contributed by atoms with Crippen LogP contribution in [0.2, 0.25) is 0 Å². The van der Waals surface area contributed by atoms with Gasteiger partial charge in [-0.25, -0.2) is 0 Å². The highest BCUT2D eigenvalue weighted by molar-refractivity contribution is 5.96. The van der Waals surface area contributed by atoms with Crippen molar-refractivity contribution in [1.29, 1.82) is 0 Å². The third-order valence-corrected chi connectivity index (χ3v) is 3.66. The summed E-state index contributed by atoms with van der Waals surface area (Å²) in [6.45, 7) is 2.90. The van der Waals surface area contributed by atoms with Gasteiger partial charge in [-0.2, -0.15) is 0 Å². The Morgan fingerprint density at radius 3 is 2.43 bits per heavy atom. The largest absolute Gasteiger partial charge is 0.409 e. The summed E-state index contributed by atoms with van der Waals surface area (Å²) in [5, 5.41) is 11.5. The van der Waals surface area contributed by atoms with Gasteiger partial charge in [-0.15, -0.1) is 0 Å². The Labute approximate surface area is 126 Å². The summed E-state index contributed by atoms with van der Waals surface area (Å²) in [5.41, 5.74) is 5.54. The molecule has 5 nitrogen and oxygen atoms in total. The number of aryl methyl sites for hydroxylation is 1. The minimum atomic E-state index is -0.198. The molecule has 0 aliphatic heterocycles. The summed E-state index contributed by atoms with van der Waals surface area (Å²) < 4.78 is 1.63. The molecule has 0 saturated carbocycles. The number of nitrogens with two attached hydrogens (primary N) is 1. The molecule has 0 fully saturated rings. The molecule has 1 heterocycles. The summed E-state index contributed by atoms with van der Waals surface area (Å²) >= 11 is 0. The molecule has 5 heteroatoms. The van der Waals surface area contributed by atoms with E-state index in [9.17, 15) is 4.79 Å². The van der Waals surface area contributed by atoms with Gasteiger partial charge in [-0.05, 0) is 18.6 Å². The molecule has 0 atom stereocenters. The van der Waals surface area contributed by atoms with Crippen LogP contribution in [0.15, 0.2) is 28.3 Å². The van der Waals surface area contributed by atoms with Crippen molar-refractivity contribution in [2.75, 3.05) is 0 Å². The lowest BCUT2D eigenvalue weighted by Crippen LogP contribution is -2.29. The number of aromatic nitrogens is 1. The molecule has 0 bridgehead atoms.